The zero-order chi connectivity index (χ0) is 20.6. The third-order valence-corrected chi connectivity index (χ3v) is 4.68. The first kappa shape index (κ1) is 23.8. The van der Waals surface area contributed by atoms with Gasteiger partial charge in [0.05, 0.1) is 20.3 Å². The summed E-state index contributed by atoms with van der Waals surface area (Å²) in [7, 11) is 4.94. The van der Waals surface area contributed by atoms with Gasteiger partial charge in [-0.05, 0) is 35.9 Å². The molecular formula is C21H25ClIN5O2. The maximum Gasteiger partial charge on any atom is 0.195 e. The van der Waals surface area contributed by atoms with Crippen molar-refractivity contribution in [2.24, 2.45) is 4.99 Å². The number of nitrogens with one attached hydrogen (secondary N) is 2. The summed E-state index contributed by atoms with van der Waals surface area (Å²) in [5, 5.41) is 11.7. The summed E-state index contributed by atoms with van der Waals surface area (Å²) in [6, 6.07) is 15.2. The number of rotatable bonds is 7. The molecule has 0 amide bonds. The molecule has 0 aliphatic heterocycles. The van der Waals surface area contributed by atoms with Crippen molar-refractivity contribution in [2.45, 2.75) is 6.04 Å². The number of benzene rings is 2. The highest BCUT2D eigenvalue weighted by Gasteiger charge is 2.15. The lowest BCUT2D eigenvalue weighted by Gasteiger charge is -2.21. The smallest absolute Gasteiger partial charge is 0.195 e. The van der Waals surface area contributed by atoms with Gasteiger partial charge in [0.2, 0.25) is 0 Å². The lowest BCUT2D eigenvalue weighted by Crippen LogP contribution is -2.36. The standard InChI is InChI=1S/C21H24ClN5O2.HI/c1-23-21(26-17-9-10-19(28-2)20(13-17)29-3)24-14-18(27-12-4-11-25-27)15-5-7-16(22)8-6-15;/h4-13,18H,14H2,1-3H3,(H2,23,24,26);1H. The van der Waals surface area contributed by atoms with E-state index in [1.54, 1.807) is 27.5 Å². The summed E-state index contributed by atoms with van der Waals surface area (Å²) in [6.45, 7) is 0.580. The van der Waals surface area contributed by atoms with E-state index in [0.717, 1.165) is 11.3 Å². The molecule has 160 valence electrons. The Labute approximate surface area is 198 Å². The number of halogens is 2. The topological polar surface area (TPSA) is 72.7 Å². The molecule has 0 saturated heterocycles. The molecule has 3 aromatic rings. The van der Waals surface area contributed by atoms with Crippen molar-refractivity contribution in [1.29, 1.82) is 0 Å². The number of anilines is 1. The SMILES string of the molecule is CN=C(NCC(c1ccc(Cl)cc1)n1cccn1)Nc1ccc(OC)c(OC)c1.I. The van der Waals surface area contributed by atoms with Crippen LogP contribution in [0.1, 0.15) is 11.6 Å². The highest BCUT2D eigenvalue weighted by molar-refractivity contribution is 14.0. The molecule has 1 unspecified atom stereocenters. The van der Waals surface area contributed by atoms with Crippen LogP contribution in [-0.2, 0) is 0 Å². The van der Waals surface area contributed by atoms with Crippen LogP contribution in [0.5, 0.6) is 11.5 Å². The number of methoxy groups -OCH3 is 2. The first-order chi connectivity index (χ1) is 14.1. The maximum absolute atomic E-state index is 6.04. The van der Waals surface area contributed by atoms with Gasteiger partial charge in [0.15, 0.2) is 17.5 Å². The Morgan fingerprint density at radius 2 is 1.87 bits per heavy atom. The van der Waals surface area contributed by atoms with E-state index in [1.807, 2.05) is 59.4 Å². The minimum atomic E-state index is -0.0220. The fraction of sp³-hybridized carbons (Fsp3) is 0.238. The molecular weight excluding hydrogens is 517 g/mol. The van der Waals surface area contributed by atoms with Gasteiger partial charge < -0.3 is 20.1 Å². The van der Waals surface area contributed by atoms with E-state index in [0.29, 0.717) is 29.0 Å². The summed E-state index contributed by atoms with van der Waals surface area (Å²) in [5.41, 5.74) is 1.92. The highest BCUT2D eigenvalue weighted by atomic mass is 127. The number of aliphatic imine (C=N–C) groups is 1. The largest absolute Gasteiger partial charge is 0.493 e. The van der Waals surface area contributed by atoms with Crippen molar-refractivity contribution in [2.75, 3.05) is 33.1 Å². The lowest BCUT2D eigenvalue weighted by atomic mass is 10.1. The summed E-state index contributed by atoms with van der Waals surface area (Å²) < 4.78 is 12.5. The molecule has 2 N–H and O–H groups in total. The second-order valence-electron chi connectivity index (χ2n) is 6.20. The predicted molar refractivity (Wildman–Crippen MR) is 132 cm³/mol. The van der Waals surface area contributed by atoms with Gasteiger partial charge in [-0.25, -0.2) is 0 Å². The number of hydrogen-bond acceptors (Lipinski definition) is 4. The van der Waals surface area contributed by atoms with Gasteiger partial charge in [-0.2, -0.15) is 5.10 Å². The second-order valence-corrected chi connectivity index (χ2v) is 6.64. The van der Waals surface area contributed by atoms with Gasteiger partial charge >= 0.3 is 0 Å². The fourth-order valence-electron chi connectivity index (χ4n) is 2.94. The second kappa shape index (κ2) is 11.7. The average molecular weight is 542 g/mol. The summed E-state index contributed by atoms with van der Waals surface area (Å²) >= 11 is 6.04. The normalized spacial score (nSPS) is 11.9. The third kappa shape index (κ3) is 6.02. The van der Waals surface area contributed by atoms with Crippen LogP contribution in [0.4, 0.5) is 5.69 Å². The number of ether oxygens (including phenoxy) is 2. The Hall–Kier alpha value is -2.46. The maximum atomic E-state index is 6.04. The lowest BCUT2D eigenvalue weighted by molar-refractivity contribution is 0.355. The van der Waals surface area contributed by atoms with E-state index >= 15 is 0 Å². The molecule has 9 heteroatoms. The van der Waals surface area contributed by atoms with Crippen molar-refractivity contribution in [1.82, 2.24) is 15.1 Å². The molecule has 2 aromatic carbocycles. The minimum Gasteiger partial charge on any atom is -0.493 e. The van der Waals surface area contributed by atoms with Gasteiger partial charge in [-0.1, -0.05) is 23.7 Å². The van der Waals surface area contributed by atoms with Crippen LogP contribution in [0, 0.1) is 0 Å². The van der Waals surface area contributed by atoms with Crippen molar-refractivity contribution in [3.63, 3.8) is 0 Å². The van der Waals surface area contributed by atoms with Gasteiger partial charge in [0, 0.05) is 42.8 Å². The van der Waals surface area contributed by atoms with E-state index in [2.05, 4.69) is 20.7 Å². The van der Waals surface area contributed by atoms with Crippen molar-refractivity contribution < 1.29 is 9.47 Å². The van der Waals surface area contributed by atoms with Crippen molar-refractivity contribution in [3.05, 3.63) is 71.5 Å². The van der Waals surface area contributed by atoms with Crippen molar-refractivity contribution >= 4 is 47.2 Å². The Kier molecular flexibility index (Phi) is 9.25. The van der Waals surface area contributed by atoms with Crippen LogP contribution in [0.2, 0.25) is 5.02 Å². The van der Waals surface area contributed by atoms with Gasteiger partial charge in [-0.3, -0.25) is 9.67 Å². The molecule has 1 aromatic heterocycles. The molecule has 0 radical (unpaired) electrons. The Balaban J connectivity index is 0.00000320. The van der Waals surface area contributed by atoms with E-state index < -0.39 is 0 Å². The first-order valence-electron chi connectivity index (χ1n) is 9.09. The van der Waals surface area contributed by atoms with Crippen LogP contribution in [0.3, 0.4) is 0 Å². The Morgan fingerprint density at radius 1 is 1.13 bits per heavy atom. The highest BCUT2D eigenvalue weighted by Crippen LogP contribution is 2.29. The monoisotopic (exact) mass is 541 g/mol. The van der Waals surface area contributed by atoms with Gasteiger partial charge in [-0.15, -0.1) is 24.0 Å². The zero-order valence-corrected chi connectivity index (χ0v) is 20.1. The molecule has 0 aliphatic carbocycles. The molecule has 0 bridgehead atoms. The number of nitrogens with zero attached hydrogens (tertiary/aromatic N) is 3. The van der Waals surface area contributed by atoms with E-state index in [4.69, 9.17) is 21.1 Å². The van der Waals surface area contributed by atoms with Crippen LogP contribution in [-0.4, -0.2) is 43.6 Å². The van der Waals surface area contributed by atoms with Crippen molar-refractivity contribution in [3.8, 4) is 11.5 Å². The van der Waals surface area contributed by atoms with E-state index in [1.165, 1.54) is 0 Å². The summed E-state index contributed by atoms with van der Waals surface area (Å²) in [5.74, 6) is 1.94. The molecule has 0 saturated carbocycles. The number of guanidine groups is 1. The molecule has 0 aliphatic rings. The Bertz CT molecular complexity index is 949. The van der Waals surface area contributed by atoms with Crippen LogP contribution in [0.25, 0.3) is 0 Å². The van der Waals surface area contributed by atoms with E-state index in [9.17, 15) is 0 Å². The number of aromatic nitrogens is 2. The van der Waals surface area contributed by atoms with Gasteiger partial charge in [0.25, 0.3) is 0 Å². The molecule has 3 rings (SSSR count). The van der Waals surface area contributed by atoms with Gasteiger partial charge in [0.1, 0.15) is 0 Å². The molecule has 7 nitrogen and oxygen atoms in total. The molecule has 1 heterocycles. The predicted octanol–water partition coefficient (Wildman–Crippen LogP) is 4.45. The summed E-state index contributed by atoms with van der Waals surface area (Å²) in [6.07, 6.45) is 3.70. The average Bonchev–Trinajstić information content (AvgIpc) is 3.28. The summed E-state index contributed by atoms with van der Waals surface area (Å²) in [4.78, 5) is 4.31. The van der Waals surface area contributed by atoms with Crippen LogP contribution >= 0.6 is 35.6 Å². The number of hydrogen-bond donors (Lipinski definition) is 2. The quantitative estimate of drug-likeness (QED) is 0.263. The zero-order valence-electron chi connectivity index (χ0n) is 17.0. The first-order valence-corrected chi connectivity index (χ1v) is 9.46. The fourth-order valence-corrected chi connectivity index (χ4v) is 3.06. The molecule has 0 fully saturated rings. The molecule has 0 spiro atoms. The van der Waals surface area contributed by atoms with Crippen LogP contribution < -0.4 is 20.1 Å². The molecule has 30 heavy (non-hydrogen) atoms. The molecule has 1 atom stereocenters. The minimum absolute atomic E-state index is 0. The van der Waals surface area contributed by atoms with E-state index in [-0.39, 0.29) is 30.0 Å². The Morgan fingerprint density at radius 3 is 2.47 bits per heavy atom. The van der Waals surface area contributed by atoms with Crippen LogP contribution in [0.15, 0.2) is 65.9 Å². The third-order valence-electron chi connectivity index (χ3n) is 4.43.